The Kier molecular flexibility index (Phi) is 3.71. The van der Waals surface area contributed by atoms with Crippen molar-refractivity contribution in [2.75, 3.05) is 5.32 Å². The molecule has 1 amide bonds. The van der Waals surface area contributed by atoms with Gasteiger partial charge in [-0.2, -0.15) is 0 Å². The van der Waals surface area contributed by atoms with Gasteiger partial charge in [0.1, 0.15) is 5.15 Å². The van der Waals surface area contributed by atoms with Gasteiger partial charge in [0.25, 0.3) is 5.91 Å². The number of hydrogen-bond acceptors (Lipinski definition) is 3. The summed E-state index contributed by atoms with van der Waals surface area (Å²) in [5.41, 5.74) is 0.499. The molecule has 2 heterocycles. The van der Waals surface area contributed by atoms with Crippen molar-refractivity contribution < 1.29 is 9.21 Å². The van der Waals surface area contributed by atoms with Crippen molar-refractivity contribution >= 4 is 50.7 Å². The maximum Gasteiger partial charge on any atom is 0.291 e. The second-order valence-electron chi connectivity index (χ2n) is 3.05. The van der Waals surface area contributed by atoms with Crippen molar-refractivity contribution in [1.82, 2.24) is 4.98 Å². The second-order valence-corrected chi connectivity index (χ2v) is 4.64. The van der Waals surface area contributed by atoms with Gasteiger partial charge >= 0.3 is 0 Å². The summed E-state index contributed by atoms with van der Waals surface area (Å²) in [6.07, 6.45) is 1.44. The molecule has 2 aromatic rings. The molecule has 0 bridgehead atoms. The Hall–Kier alpha value is -1.04. The average molecular weight is 336 g/mol. The number of aromatic nitrogens is 1. The first kappa shape index (κ1) is 12.4. The summed E-state index contributed by atoms with van der Waals surface area (Å²) in [5, 5.41) is 3.08. The molecule has 4 nitrogen and oxygen atoms in total. The minimum absolute atomic E-state index is 0.126. The van der Waals surface area contributed by atoms with Crippen LogP contribution in [0, 0.1) is 0 Å². The van der Waals surface area contributed by atoms with Crippen LogP contribution in [0.15, 0.2) is 33.3 Å². The van der Waals surface area contributed by atoms with Gasteiger partial charge in [-0.3, -0.25) is 4.79 Å². The molecule has 0 aromatic carbocycles. The van der Waals surface area contributed by atoms with Crippen molar-refractivity contribution in [3.8, 4) is 0 Å². The largest absolute Gasteiger partial charge is 0.440 e. The lowest BCUT2D eigenvalue weighted by Crippen LogP contribution is -2.11. The fourth-order valence-electron chi connectivity index (χ4n) is 1.12. The molecular weight excluding hydrogens is 331 g/mol. The standard InChI is InChI=1S/C10H5BrCl2N2O2/c11-6-3-5(4-14-9(6)13)15-10(16)7-1-2-8(12)17-7/h1-4H,(H,15,16). The molecule has 0 aliphatic heterocycles. The van der Waals surface area contributed by atoms with Crippen LogP contribution in [-0.2, 0) is 0 Å². The van der Waals surface area contributed by atoms with Gasteiger partial charge in [-0.15, -0.1) is 0 Å². The molecule has 0 saturated carbocycles. The Bertz CT molecular complexity index is 571. The number of carbonyl (C=O) groups excluding carboxylic acids is 1. The number of amides is 1. The molecule has 0 aliphatic rings. The molecule has 0 aliphatic carbocycles. The van der Waals surface area contributed by atoms with Crippen molar-refractivity contribution in [2.24, 2.45) is 0 Å². The van der Waals surface area contributed by atoms with E-state index < -0.39 is 5.91 Å². The third kappa shape index (κ3) is 3.00. The first-order valence-electron chi connectivity index (χ1n) is 4.44. The number of nitrogens with one attached hydrogen (secondary N) is 1. The summed E-state index contributed by atoms with van der Waals surface area (Å²) >= 11 is 14.5. The normalized spacial score (nSPS) is 10.3. The van der Waals surface area contributed by atoms with Crippen LogP contribution in [0.3, 0.4) is 0 Å². The molecule has 0 radical (unpaired) electrons. The van der Waals surface area contributed by atoms with Crippen molar-refractivity contribution in [2.45, 2.75) is 0 Å². The smallest absolute Gasteiger partial charge is 0.291 e. The van der Waals surface area contributed by atoms with Crippen molar-refractivity contribution in [1.29, 1.82) is 0 Å². The van der Waals surface area contributed by atoms with E-state index in [0.29, 0.717) is 15.3 Å². The van der Waals surface area contributed by atoms with Crippen LogP contribution in [0.1, 0.15) is 10.6 Å². The van der Waals surface area contributed by atoms with E-state index >= 15 is 0 Å². The van der Waals surface area contributed by atoms with E-state index in [4.69, 9.17) is 27.6 Å². The number of hydrogen-bond donors (Lipinski definition) is 1. The molecule has 0 unspecified atom stereocenters. The van der Waals surface area contributed by atoms with Gasteiger partial charge < -0.3 is 9.73 Å². The highest BCUT2D eigenvalue weighted by Crippen LogP contribution is 2.23. The van der Waals surface area contributed by atoms with E-state index in [1.807, 2.05) is 0 Å². The molecule has 7 heteroatoms. The van der Waals surface area contributed by atoms with E-state index in [9.17, 15) is 4.79 Å². The quantitative estimate of drug-likeness (QED) is 0.844. The Morgan fingerprint density at radius 1 is 1.41 bits per heavy atom. The molecule has 0 atom stereocenters. The lowest BCUT2D eigenvalue weighted by molar-refractivity contribution is 0.0996. The molecule has 2 aromatic heterocycles. The molecule has 2 rings (SSSR count). The van der Waals surface area contributed by atoms with Crippen LogP contribution in [0.5, 0.6) is 0 Å². The highest BCUT2D eigenvalue weighted by Gasteiger charge is 2.11. The second kappa shape index (κ2) is 5.08. The Balaban J connectivity index is 2.15. The van der Waals surface area contributed by atoms with Crippen molar-refractivity contribution in [3.05, 3.63) is 45.0 Å². The van der Waals surface area contributed by atoms with E-state index in [2.05, 4.69) is 26.2 Å². The number of rotatable bonds is 2. The van der Waals surface area contributed by atoms with Gasteiger partial charge in [-0.05, 0) is 45.7 Å². The number of nitrogens with zero attached hydrogens (tertiary/aromatic N) is 1. The van der Waals surface area contributed by atoms with Crippen LogP contribution in [0.25, 0.3) is 0 Å². The summed E-state index contributed by atoms with van der Waals surface area (Å²) in [6, 6.07) is 4.61. The highest BCUT2D eigenvalue weighted by molar-refractivity contribution is 9.10. The lowest BCUT2D eigenvalue weighted by Gasteiger charge is -2.03. The summed E-state index contributed by atoms with van der Waals surface area (Å²) in [5.74, 6) is -0.283. The third-order valence-corrected chi connectivity index (χ3v) is 3.19. The molecule has 0 saturated heterocycles. The van der Waals surface area contributed by atoms with Gasteiger partial charge in [0.2, 0.25) is 0 Å². The third-order valence-electron chi connectivity index (χ3n) is 1.85. The predicted molar refractivity (Wildman–Crippen MR) is 68.6 cm³/mol. The number of carbonyl (C=O) groups is 1. The van der Waals surface area contributed by atoms with Crippen LogP contribution >= 0.6 is 39.1 Å². The number of halogens is 3. The zero-order chi connectivity index (χ0) is 12.4. The molecule has 17 heavy (non-hydrogen) atoms. The van der Waals surface area contributed by atoms with Gasteiger partial charge in [-0.1, -0.05) is 11.6 Å². The van der Waals surface area contributed by atoms with Gasteiger partial charge in [0, 0.05) is 0 Å². The number of anilines is 1. The van der Waals surface area contributed by atoms with Gasteiger partial charge in [0.05, 0.1) is 16.4 Å². The summed E-state index contributed by atoms with van der Waals surface area (Å²) in [4.78, 5) is 15.6. The van der Waals surface area contributed by atoms with Gasteiger partial charge in [0.15, 0.2) is 11.0 Å². The molecule has 0 spiro atoms. The van der Waals surface area contributed by atoms with Crippen molar-refractivity contribution in [3.63, 3.8) is 0 Å². The Morgan fingerprint density at radius 2 is 2.18 bits per heavy atom. The zero-order valence-corrected chi connectivity index (χ0v) is 11.3. The molecular formula is C10H5BrCl2N2O2. The Labute approximate surface area is 115 Å². The van der Waals surface area contributed by atoms with Crippen LogP contribution < -0.4 is 5.32 Å². The summed E-state index contributed by atoms with van der Waals surface area (Å²) in [6.45, 7) is 0. The zero-order valence-electron chi connectivity index (χ0n) is 8.21. The summed E-state index contributed by atoms with van der Waals surface area (Å²) < 4.78 is 5.56. The minimum Gasteiger partial charge on any atom is -0.440 e. The number of furan rings is 1. The monoisotopic (exact) mass is 334 g/mol. The topological polar surface area (TPSA) is 55.1 Å². The van der Waals surface area contributed by atoms with E-state index in [0.717, 1.165) is 0 Å². The van der Waals surface area contributed by atoms with Crippen LogP contribution in [0.2, 0.25) is 10.4 Å². The first-order valence-corrected chi connectivity index (χ1v) is 5.99. The predicted octanol–water partition coefficient (Wildman–Crippen LogP) is 4.00. The maximum absolute atomic E-state index is 11.7. The summed E-state index contributed by atoms with van der Waals surface area (Å²) in [7, 11) is 0. The van der Waals surface area contributed by atoms with Gasteiger partial charge in [-0.25, -0.2) is 4.98 Å². The maximum atomic E-state index is 11.7. The lowest BCUT2D eigenvalue weighted by atomic mass is 10.4. The number of pyridine rings is 1. The SMILES string of the molecule is O=C(Nc1cnc(Cl)c(Br)c1)c1ccc(Cl)o1. The first-order chi connectivity index (χ1) is 8.06. The fourth-order valence-corrected chi connectivity index (χ4v) is 1.72. The highest BCUT2D eigenvalue weighted by atomic mass is 79.9. The van der Waals surface area contributed by atoms with Crippen LogP contribution in [0.4, 0.5) is 5.69 Å². The molecule has 88 valence electrons. The van der Waals surface area contributed by atoms with E-state index in [-0.39, 0.29) is 11.0 Å². The average Bonchev–Trinajstić information content (AvgIpc) is 2.70. The van der Waals surface area contributed by atoms with Crippen LogP contribution in [-0.4, -0.2) is 10.9 Å². The fraction of sp³-hybridized carbons (Fsp3) is 0. The van der Waals surface area contributed by atoms with E-state index in [1.165, 1.54) is 18.3 Å². The minimum atomic E-state index is -0.409. The molecule has 1 N–H and O–H groups in total. The van der Waals surface area contributed by atoms with E-state index in [1.54, 1.807) is 6.07 Å². The Morgan fingerprint density at radius 3 is 2.76 bits per heavy atom. The molecule has 0 fully saturated rings.